The standard InChI is InChI=1S/C28H34N4O8/c1-16-22(40-27(37)28(2,3)4)21-23(30-16)29-15-32(25(21)35)14-13-17-7-9-18(10-8-17)24(34)31-19(26(36)39-6)11-12-20(33)38-5/h7-10,15,19,35H,11-14H2,1-6H3,(H,31,34)/t19-/m0/s1. The number of benzene rings is 1. The average Bonchev–Trinajstić information content (AvgIpc) is 3.24. The number of esters is 3. The summed E-state index contributed by atoms with van der Waals surface area (Å²) < 4.78 is 16.4. The first-order valence-corrected chi connectivity index (χ1v) is 12.7. The smallest absolute Gasteiger partial charge is 0.328 e. The Bertz CT molecular complexity index is 1360. The van der Waals surface area contributed by atoms with E-state index < -0.39 is 35.3 Å². The molecule has 0 saturated carbocycles. The molecule has 0 spiro atoms. The van der Waals surface area contributed by atoms with Crippen molar-refractivity contribution in [3.63, 3.8) is 0 Å². The van der Waals surface area contributed by atoms with E-state index in [1.165, 1.54) is 25.1 Å². The molecular weight excluding hydrogens is 520 g/mol. The first kappa shape index (κ1) is 30.1. The Balaban J connectivity index is 1.70. The summed E-state index contributed by atoms with van der Waals surface area (Å²) >= 11 is 0. The highest BCUT2D eigenvalue weighted by molar-refractivity contribution is 5.96. The van der Waals surface area contributed by atoms with Gasteiger partial charge in [-0.1, -0.05) is 12.1 Å². The number of rotatable bonds is 10. The van der Waals surface area contributed by atoms with Gasteiger partial charge in [0.2, 0.25) is 5.88 Å². The highest BCUT2D eigenvalue weighted by Crippen LogP contribution is 2.41. The summed E-state index contributed by atoms with van der Waals surface area (Å²) in [4.78, 5) is 57.2. The third-order valence-corrected chi connectivity index (χ3v) is 6.19. The first-order chi connectivity index (χ1) is 18.8. The van der Waals surface area contributed by atoms with Gasteiger partial charge < -0.3 is 29.2 Å². The molecule has 2 N–H and O–H groups in total. The van der Waals surface area contributed by atoms with E-state index in [4.69, 9.17) is 9.47 Å². The maximum atomic E-state index is 12.7. The molecule has 12 nitrogen and oxygen atoms in total. The summed E-state index contributed by atoms with van der Waals surface area (Å²) in [5.41, 5.74) is 1.16. The number of aromatic hydroxyl groups is 1. The highest BCUT2D eigenvalue weighted by atomic mass is 16.5. The Morgan fingerprint density at radius 1 is 1.07 bits per heavy atom. The third kappa shape index (κ3) is 7.13. The van der Waals surface area contributed by atoms with Crippen molar-refractivity contribution in [3.8, 4) is 23.0 Å². The fourth-order valence-corrected chi connectivity index (χ4v) is 3.77. The number of carbonyl (C=O) groups excluding carboxylic acids is 4. The summed E-state index contributed by atoms with van der Waals surface area (Å²) in [7, 11) is 2.44. The van der Waals surface area contributed by atoms with E-state index in [1.807, 2.05) is 0 Å². The van der Waals surface area contributed by atoms with Gasteiger partial charge in [0.25, 0.3) is 5.91 Å². The zero-order valence-corrected chi connectivity index (χ0v) is 23.4. The zero-order valence-electron chi connectivity index (χ0n) is 23.4. The number of amides is 1. The molecule has 0 fully saturated rings. The van der Waals surface area contributed by atoms with Gasteiger partial charge in [-0.3, -0.25) is 14.4 Å². The lowest BCUT2D eigenvalue weighted by molar-refractivity contribution is -0.145. The second-order valence-electron chi connectivity index (χ2n) is 10.2. The van der Waals surface area contributed by atoms with E-state index >= 15 is 0 Å². The molecule has 2 aliphatic rings. The lowest BCUT2D eigenvalue weighted by Gasteiger charge is -2.18. The lowest BCUT2D eigenvalue weighted by atomic mass is 9.97. The number of aryl methyl sites for hydroxylation is 3. The summed E-state index contributed by atoms with van der Waals surface area (Å²) in [6, 6.07) is 5.73. The van der Waals surface area contributed by atoms with Crippen molar-refractivity contribution in [2.45, 2.75) is 59.5 Å². The molecule has 0 unspecified atom stereocenters. The van der Waals surface area contributed by atoms with E-state index in [1.54, 1.807) is 52.0 Å². The predicted molar refractivity (Wildman–Crippen MR) is 143 cm³/mol. The van der Waals surface area contributed by atoms with Crippen LogP contribution in [0.25, 0.3) is 11.4 Å². The van der Waals surface area contributed by atoms with Crippen LogP contribution in [-0.2, 0) is 36.8 Å². The minimum absolute atomic E-state index is 0.0395. The quantitative estimate of drug-likeness (QED) is 0.357. The van der Waals surface area contributed by atoms with Gasteiger partial charge >= 0.3 is 17.9 Å². The molecule has 0 bridgehead atoms. The van der Waals surface area contributed by atoms with E-state index in [0.29, 0.717) is 24.2 Å². The molecule has 12 heteroatoms. The molecular formula is C28H34N4O8. The van der Waals surface area contributed by atoms with Gasteiger partial charge in [0, 0.05) is 18.5 Å². The van der Waals surface area contributed by atoms with E-state index in [9.17, 15) is 24.3 Å². The number of hydrogen-bond donors (Lipinski definition) is 2. The number of hydrogen-bond acceptors (Lipinski definition) is 10. The van der Waals surface area contributed by atoms with Crippen molar-refractivity contribution in [2.75, 3.05) is 14.2 Å². The van der Waals surface area contributed by atoms with Gasteiger partial charge in [-0.05, 0) is 58.2 Å². The van der Waals surface area contributed by atoms with Crippen molar-refractivity contribution >= 4 is 23.8 Å². The van der Waals surface area contributed by atoms with Crippen molar-refractivity contribution in [1.82, 2.24) is 19.9 Å². The monoisotopic (exact) mass is 554 g/mol. The summed E-state index contributed by atoms with van der Waals surface area (Å²) in [6.45, 7) is 7.23. The largest absolute Gasteiger partial charge is 0.494 e. The SMILES string of the molecule is COC(=O)CC[C@H](NC(=O)c1ccc(CCn2cnc3nc(C)c(OC(=O)C(C)(C)C)c-3c2O)cc1)C(=O)OC. The molecule has 1 atom stereocenters. The maximum absolute atomic E-state index is 12.7. The van der Waals surface area contributed by atoms with Crippen LogP contribution in [0, 0.1) is 12.3 Å². The van der Waals surface area contributed by atoms with Crippen LogP contribution in [0.3, 0.4) is 0 Å². The molecule has 214 valence electrons. The van der Waals surface area contributed by atoms with Crippen LogP contribution >= 0.6 is 0 Å². The van der Waals surface area contributed by atoms with Crippen molar-refractivity contribution in [3.05, 3.63) is 47.4 Å². The Morgan fingerprint density at radius 2 is 1.75 bits per heavy atom. The molecule has 1 aromatic rings. The highest BCUT2D eigenvalue weighted by Gasteiger charge is 2.30. The molecule has 2 aliphatic heterocycles. The van der Waals surface area contributed by atoms with Gasteiger partial charge in [0.05, 0.1) is 31.7 Å². The van der Waals surface area contributed by atoms with Crippen LogP contribution in [0.15, 0.2) is 30.6 Å². The third-order valence-electron chi connectivity index (χ3n) is 6.19. The molecule has 0 radical (unpaired) electrons. The van der Waals surface area contributed by atoms with E-state index in [0.717, 1.165) is 5.56 Å². The number of aromatic nitrogens is 3. The minimum Gasteiger partial charge on any atom is -0.494 e. The lowest BCUT2D eigenvalue weighted by Crippen LogP contribution is -2.41. The maximum Gasteiger partial charge on any atom is 0.328 e. The van der Waals surface area contributed by atoms with E-state index in [-0.39, 0.29) is 35.9 Å². The van der Waals surface area contributed by atoms with Crippen molar-refractivity contribution in [2.24, 2.45) is 5.41 Å². The van der Waals surface area contributed by atoms with Crippen LogP contribution in [-0.4, -0.2) is 63.7 Å². The number of nitrogens with zero attached hydrogens (tertiary/aromatic N) is 3. The summed E-state index contributed by atoms with van der Waals surface area (Å²) in [5, 5.41) is 13.6. The Kier molecular flexibility index (Phi) is 9.46. The number of fused-ring (bicyclic) bond motifs is 1. The van der Waals surface area contributed by atoms with Gasteiger partial charge in [0.1, 0.15) is 11.6 Å². The second-order valence-corrected chi connectivity index (χ2v) is 10.2. The molecule has 3 rings (SSSR count). The molecule has 2 heterocycles. The molecule has 40 heavy (non-hydrogen) atoms. The van der Waals surface area contributed by atoms with E-state index in [2.05, 4.69) is 20.0 Å². The minimum atomic E-state index is -1.00. The Morgan fingerprint density at radius 3 is 2.35 bits per heavy atom. The molecule has 0 saturated heterocycles. The summed E-state index contributed by atoms with van der Waals surface area (Å²) in [5.74, 6) is -1.79. The van der Waals surface area contributed by atoms with Crippen LogP contribution in [0.5, 0.6) is 11.6 Å². The second kappa shape index (κ2) is 12.6. The van der Waals surface area contributed by atoms with Crippen LogP contribution in [0.2, 0.25) is 0 Å². The zero-order chi connectivity index (χ0) is 29.6. The molecule has 1 aromatic carbocycles. The fraction of sp³-hybridized carbons (Fsp3) is 0.429. The van der Waals surface area contributed by atoms with Gasteiger partial charge in [-0.2, -0.15) is 0 Å². The summed E-state index contributed by atoms with van der Waals surface area (Å²) in [6.07, 6.45) is 1.93. The predicted octanol–water partition coefficient (Wildman–Crippen LogP) is 2.82. The topological polar surface area (TPSA) is 159 Å². The van der Waals surface area contributed by atoms with Gasteiger partial charge in [-0.25, -0.2) is 14.8 Å². The van der Waals surface area contributed by atoms with Crippen LogP contribution in [0.4, 0.5) is 0 Å². The van der Waals surface area contributed by atoms with Crippen molar-refractivity contribution in [1.29, 1.82) is 0 Å². The molecule has 0 aromatic heterocycles. The average molecular weight is 555 g/mol. The number of carbonyl (C=O) groups is 4. The first-order valence-electron chi connectivity index (χ1n) is 12.7. The number of nitrogens with one attached hydrogen (secondary N) is 1. The van der Waals surface area contributed by atoms with Gasteiger partial charge in [0.15, 0.2) is 11.6 Å². The fourth-order valence-electron chi connectivity index (χ4n) is 3.77. The molecule has 0 aliphatic carbocycles. The Hall–Kier alpha value is -4.48. The van der Waals surface area contributed by atoms with Gasteiger partial charge in [-0.15, -0.1) is 0 Å². The molecule has 1 amide bonds. The number of ether oxygens (including phenoxy) is 3. The Labute approximate surface area is 232 Å². The van der Waals surface area contributed by atoms with Crippen LogP contribution < -0.4 is 10.1 Å². The number of methoxy groups -OCH3 is 2. The normalized spacial score (nSPS) is 12.1. The van der Waals surface area contributed by atoms with Crippen LogP contribution in [0.1, 0.15) is 55.2 Å². The van der Waals surface area contributed by atoms with Crippen molar-refractivity contribution < 1.29 is 38.5 Å².